The smallest absolute Gasteiger partial charge is 0.449 e. The lowest BCUT2D eigenvalue weighted by Gasteiger charge is -2.34. The van der Waals surface area contributed by atoms with Gasteiger partial charge in [-0.1, -0.05) is 34.5 Å². The maximum absolute atomic E-state index is 14.9. The van der Waals surface area contributed by atoms with Crippen LogP contribution in [0.5, 0.6) is 5.06 Å². The third-order valence-corrected chi connectivity index (χ3v) is 6.84. The lowest BCUT2D eigenvalue weighted by Crippen LogP contribution is -2.52. The van der Waals surface area contributed by atoms with E-state index in [2.05, 4.69) is 25.3 Å². The van der Waals surface area contributed by atoms with Gasteiger partial charge in [0, 0.05) is 24.6 Å². The van der Waals surface area contributed by atoms with E-state index in [1.165, 1.54) is 6.20 Å². The minimum atomic E-state index is -1.49. The molecule has 1 fully saturated rings. The third-order valence-electron chi connectivity index (χ3n) is 4.90. The molecule has 0 aromatic carbocycles. The summed E-state index contributed by atoms with van der Waals surface area (Å²) in [6, 6.07) is -0.739. The number of nitrogens with one attached hydrogen (secondary N) is 3. The molecule has 0 saturated carbocycles. The zero-order chi connectivity index (χ0) is 23.0. The molecule has 1 amide bonds. The Balaban J connectivity index is 1.47. The summed E-state index contributed by atoms with van der Waals surface area (Å²) < 4.78 is 19.8. The highest BCUT2D eigenvalue weighted by Gasteiger charge is 2.34. The average Bonchev–Trinajstić information content (AvgIpc) is 3.46. The molecular formula is C18H17Cl2FN6O4S. The number of anilines is 1. The first-order chi connectivity index (χ1) is 15.2. The molecule has 4 heterocycles. The Morgan fingerprint density at radius 1 is 1.41 bits per heavy atom. The molecular weight excluding hydrogens is 486 g/mol. The van der Waals surface area contributed by atoms with E-state index in [4.69, 9.17) is 33.0 Å². The van der Waals surface area contributed by atoms with Crippen molar-refractivity contribution in [3.8, 4) is 16.6 Å². The molecule has 2 atom stereocenters. The zero-order valence-electron chi connectivity index (χ0n) is 16.5. The fourth-order valence-corrected chi connectivity index (χ4v) is 4.70. The normalized spacial score (nSPS) is 18.6. The van der Waals surface area contributed by atoms with Gasteiger partial charge in [0.05, 0.1) is 22.6 Å². The van der Waals surface area contributed by atoms with Crippen LogP contribution >= 0.6 is 34.5 Å². The number of carbonyl (C=O) groups excluding carboxylic acids is 1. The van der Waals surface area contributed by atoms with Crippen molar-refractivity contribution >= 4 is 51.7 Å². The standard InChI is InChI=1S/C18H17Cl2FN6O4S/c1-7-10(19)11(20)12(24-7)15(28)25-9-2-5-27(6-8(9)21)17-26-13(14-22-3-4-23-14)16(32-17)31-18(29)30/h3-4,8-9,24H,2,5-6H2,1H3,(H,22,23)(H,25,28)(H,29,30)/t8-,9+/m0/s1. The number of carbonyl (C=O) groups is 2. The number of carboxylic acid groups (broad SMARTS) is 1. The highest BCUT2D eigenvalue weighted by molar-refractivity contribution is 7.18. The largest absolute Gasteiger partial charge is 0.512 e. The summed E-state index contributed by atoms with van der Waals surface area (Å²) >= 11 is 13.0. The van der Waals surface area contributed by atoms with Gasteiger partial charge >= 0.3 is 6.16 Å². The van der Waals surface area contributed by atoms with Crippen LogP contribution in [-0.4, -0.2) is 62.4 Å². The Kier molecular flexibility index (Phi) is 6.26. The number of amides is 1. The molecule has 14 heteroatoms. The number of hydrogen-bond donors (Lipinski definition) is 4. The van der Waals surface area contributed by atoms with E-state index < -0.39 is 24.3 Å². The number of aromatic nitrogens is 4. The highest BCUT2D eigenvalue weighted by atomic mass is 35.5. The molecule has 0 spiro atoms. The van der Waals surface area contributed by atoms with E-state index in [-0.39, 0.29) is 33.0 Å². The summed E-state index contributed by atoms with van der Waals surface area (Å²) in [5, 5.41) is 12.4. The number of piperidine rings is 1. The second-order valence-electron chi connectivity index (χ2n) is 7.02. The fraction of sp³-hybridized carbons (Fsp3) is 0.333. The molecule has 10 nitrogen and oxygen atoms in total. The number of halogens is 3. The van der Waals surface area contributed by atoms with E-state index in [0.29, 0.717) is 29.6 Å². The summed E-state index contributed by atoms with van der Waals surface area (Å²) in [6.45, 7) is 2.00. The summed E-state index contributed by atoms with van der Waals surface area (Å²) in [4.78, 5) is 39.3. The van der Waals surface area contributed by atoms with Gasteiger partial charge in [-0.15, -0.1) is 0 Å². The number of H-pyrrole nitrogens is 2. The van der Waals surface area contributed by atoms with E-state index in [0.717, 1.165) is 11.3 Å². The Labute approximate surface area is 194 Å². The van der Waals surface area contributed by atoms with E-state index in [1.54, 1.807) is 18.0 Å². The van der Waals surface area contributed by atoms with Crippen LogP contribution in [0.3, 0.4) is 0 Å². The first-order valence-corrected chi connectivity index (χ1v) is 11.0. The van der Waals surface area contributed by atoms with Gasteiger partial charge in [-0.2, -0.15) is 0 Å². The van der Waals surface area contributed by atoms with Crippen LogP contribution in [0.1, 0.15) is 22.6 Å². The Morgan fingerprint density at radius 3 is 2.78 bits per heavy atom. The van der Waals surface area contributed by atoms with Crippen molar-refractivity contribution in [1.82, 2.24) is 25.3 Å². The highest BCUT2D eigenvalue weighted by Crippen LogP contribution is 2.39. The predicted molar refractivity (Wildman–Crippen MR) is 117 cm³/mol. The van der Waals surface area contributed by atoms with Gasteiger partial charge in [0.1, 0.15) is 11.9 Å². The molecule has 1 saturated heterocycles. The first kappa shape index (κ1) is 22.4. The van der Waals surface area contributed by atoms with Crippen molar-refractivity contribution in [2.45, 2.75) is 25.6 Å². The van der Waals surface area contributed by atoms with Crippen molar-refractivity contribution in [1.29, 1.82) is 0 Å². The maximum Gasteiger partial charge on any atom is 0.512 e. The van der Waals surface area contributed by atoms with Gasteiger partial charge in [-0.3, -0.25) is 4.79 Å². The third kappa shape index (κ3) is 4.38. The van der Waals surface area contributed by atoms with Crippen LogP contribution in [0, 0.1) is 6.92 Å². The number of hydrogen-bond acceptors (Lipinski definition) is 7. The van der Waals surface area contributed by atoms with Gasteiger partial charge in [0.25, 0.3) is 5.91 Å². The molecule has 0 bridgehead atoms. The molecule has 4 rings (SSSR count). The van der Waals surface area contributed by atoms with Gasteiger partial charge in [0.2, 0.25) is 5.06 Å². The Bertz CT molecular complexity index is 1150. The van der Waals surface area contributed by atoms with E-state index >= 15 is 0 Å². The van der Waals surface area contributed by atoms with E-state index in [1.807, 2.05) is 0 Å². The number of alkyl halides is 1. The molecule has 4 N–H and O–H groups in total. The molecule has 32 heavy (non-hydrogen) atoms. The van der Waals surface area contributed by atoms with Crippen molar-refractivity contribution < 1.29 is 23.8 Å². The maximum atomic E-state index is 14.9. The fourth-order valence-electron chi connectivity index (χ4n) is 3.33. The van der Waals surface area contributed by atoms with Crippen molar-refractivity contribution in [3.05, 3.63) is 33.8 Å². The van der Waals surface area contributed by atoms with Crippen LogP contribution in [0.15, 0.2) is 12.4 Å². The number of thiazole rings is 1. The lowest BCUT2D eigenvalue weighted by atomic mass is 10.0. The number of imidazole rings is 1. The summed E-state index contributed by atoms with van der Waals surface area (Å²) in [7, 11) is 0. The minimum Gasteiger partial charge on any atom is -0.449 e. The second kappa shape index (κ2) is 8.96. The van der Waals surface area contributed by atoms with Crippen molar-refractivity contribution in [2.75, 3.05) is 18.0 Å². The minimum absolute atomic E-state index is 0.0296. The Hall–Kier alpha value is -2.83. The number of ether oxygens (including phenoxy) is 1. The molecule has 0 radical (unpaired) electrons. The molecule has 3 aromatic rings. The monoisotopic (exact) mass is 502 g/mol. The number of rotatable bonds is 5. The second-order valence-corrected chi connectivity index (χ2v) is 8.72. The zero-order valence-corrected chi connectivity index (χ0v) is 18.8. The molecule has 3 aromatic heterocycles. The molecule has 1 aliphatic rings. The van der Waals surface area contributed by atoms with Crippen LogP contribution in [0.2, 0.25) is 10.0 Å². The van der Waals surface area contributed by atoms with Crippen molar-refractivity contribution in [2.24, 2.45) is 0 Å². The van der Waals surface area contributed by atoms with Crippen LogP contribution in [-0.2, 0) is 0 Å². The number of aromatic amines is 2. The number of nitrogens with zero attached hydrogens (tertiary/aromatic N) is 3. The first-order valence-electron chi connectivity index (χ1n) is 9.39. The summed E-state index contributed by atoms with van der Waals surface area (Å²) in [5.41, 5.74) is 0.850. The van der Waals surface area contributed by atoms with E-state index in [9.17, 15) is 14.0 Å². The van der Waals surface area contributed by atoms with Crippen LogP contribution in [0.4, 0.5) is 14.3 Å². The topological polar surface area (TPSA) is 136 Å². The average molecular weight is 503 g/mol. The lowest BCUT2D eigenvalue weighted by molar-refractivity contribution is 0.0894. The van der Waals surface area contributed by atoms with Gasteiger partial charge in [-0.05, 0) is 13.3 Å². The Morgan fingerprint density at radius 2 is 2.19 bits per heavy atom. The summed E-state index contributed by atoms with van der Waals surface area (Å²) in [5.74, 6) is -0.211. The predicted octanol–water partition coefficient (Wildman–Crippen LogP) is 3.88. The SMILES string of the molecule is Cc1[nH]c(C(=O)N[C@@H]2CCN(c3nc(-c4ncc[nH]4)c(OC(=O)O)s3)C[C@@H]2F)c(Cl)c1Cl. The van der Waals surface area contributed by atoms with Crippen molar-refractivity contribution in [3.63, 3.8) is 0 Å². The van der Waals surface area contributed by atoms with Gasteiger partial charge < -0.3 is 30.0 Å². The quantitative estimate of drug-likeness (QED) is 0.388. The summed E-state index contributed by atoms with van der Waals surface area (Å²) in [6.07, 6.45) is 0.461. The van der Waals surface area contributed by atoms with Crippen LogP contribution in [0.25, 0.3) is 11.5 Å². The molecule has 0 unspecified atom stereocenters. The molecule has 170 valence electrons. The number of aryl methyl sites for hydroxylation is 1. The van der Waals surface area contributed by atoms with Gasteiger partial charge in [-0.25, -0.2) is 19.2 Å². The van der Waals surface area contributed by atoms with Gasteiger partial charge in [0.15, 0.2) is 16.6 Å². The van der Waals surface area contributed by atoms with Crippen LogP contribution < -0.4 is 15.0 Å². The molecule has 0 aliphatic carbocycles. The molecule has 1 aliphatic heterocycles.